The van der Waals surface area contributed by atoms with E-state index >= 15 is 0 Å². The fraction of sp³-hybridized carbons (Fsp3) is 0.200. The van der Waals surface area contributed by atoms with Crippen molar-refractivity contribution in [3.8, 4) is 11.5 Å². The van der Waals surface area contributed by atoms with Crippen LogP contribution in [0.25, 0.3) is 0 Å². The number of hydrazone groups is 1. The van der Waals surface area contributed by atoms with E-state index in [9.17, 15) is 4.79 Å². The highest BCUT2D eigenvalue weighted by Gasteiger charge is 2.13. The highest BCUT2D eigenvalue weighted by Crippen LogP contribution is 2.34. The Morgan fingerprint density at radius 3 is 2.58 bits per heavy atom. The summed E-state index contributed by atoms with van der Waals surface area (Å²) in [7, 11) is 1.57. The molecule has 0 radical (unpaired) electrons. The lowest BCUT2D eigenvalue weighted by molar-refractivity contribution is -0.120. The van der Waals surface area contributed by atoms with Crippen molar-refractivity contribution >= 4 is 57.9 Å². The Kier molecular flexibility index (Phi) is 9.00. The molecule has 0 aliphatic rings. The zero-order chi connectivity index (χ0) is 24.0. The van der Waals surface area contributed by atoms with Gasteiger partial charge in [-0.05, 0) is 83.0 Å². The van der Waals surface area contributed by atoms with E-state index in [0.29, 0.717) is 21.5 Å². The highest BCUT2D eigenvalue weighted by molar-refractivity contribution is 14.1. The van der Waals surface area contributed by atoms with Crippen LogP contribution in [-0.4, -0.2) is 19.2 Å². The number of benzene rings is 3. The minimum absolute atomic E-state index is 0.184. The number of carbonyl (C=O) groups is 1. The fourth-order valence-corrected chi connectivity index (χ4v) is 4.30. The molecule has 33 heavy (non-hydrogen) atoms. The summed E-state index contributed by atoms with van der Waals surface area (Å²) in [5, 5.41) is 5.19. The van der Waals surface area contributed by atoms with Crippen LogP contribution < -0.4 is 14.9 Å². The van der Waals surface area contributed by atoms with Gasteiger partial charge in [-0.15, -0.1) is 0 Å². The Bertz CT molecular complexity index is 1200. The Morgan fingerprint density at radius 1 is 1.09 bits per heavy atom. The number of hydrogen-bond donors (Lipinski definition) is 1. The molecule has 0 spiro atoms. The fourth-order valence-electron chi connectivity index (χ4n) is 3.06. The van der Waals surface area contributed by atoms with Gasteiger partial charge in [-0.25, -0.2) is 5.43 Å². The molecule has 3 aromatic rings. The van der Waals surface area contributed by atoms with Crippen molar-refractivity contribution in [3.05, 3.63) is 90.0 Å². The van der Waals surface area contributed by atoms with Gasteiger partial charge in [0.15, 0.2) is 11.5 Å². The molecule has 0 fully saturated rings. The number of rotatable bonds is 8. The Balaban J connectivity index is 1.65. The lowest BCUT2D eigenvalue weighted by atomic mass is 10.0. The predicted molar refractivity (Wildman–Crippen MR) is 142 cm³/mol. The summed E-state index contributed by atoms with van der Waals surface area (Å²) in [4.78, 5) is 12.2. The largest absolute Gasteiger partial charge is 0.493 e. The minimum Gasteiger partial charge on any atom is -0.493 e. The highest BCUT2D eigenvalue weighted by atomic mass is 127. The zero-order valence-electron chi connectivity index (χ0n) is 18.4. The van der Waals surface area contributed by atoms with Crippen LogP contribution in [-0.2, 0) is 17.8 Å². The van der Waals surface area contributed by atoms with Crippen LogP contribution in [0.4, 0.5) is 0 Å². The van der Waals surface area contributed by atoms with E-state index in [-0.39, 0.29) is 18.9 Å². The van der Waals surface area contributed by atoms with Gasteiger partial charge in [-0.1, -0.05) is 47.5 Å². The number of aryl methyl sites for hydroxylation is 2. The van der Waals surface area contributed by atoms with Crippen molar-refractivity contribution in [2.45, 2.75) is 26.9 Å². The van der Waals surface area contributed by atoms with Gasteiger partial charge in [0.25, 0.3) is 0 Å². The molecule has 3 rings (SSSR count). The van der Waals surface area contributed by atoms with Gasteiger partial charge in [0, 0.05) is 15.6 Å². The summed E-state index contributed by atoms with van der Waals surface area (Å²) >= 11 is 14.4. The van der Waals surface area contributed by atoms with Gasteiger partial charge in [-0.3, -0.25) is 4.79 Å². The third-order valence-electron chi connectivity index (χ3n) is 4.98. The first-order valence-electron chi connectivity index (χ1n) is 10.1. The molecule has 0 bridgehead atoms. The Labute approximate surface area is 217 Å². The summed E-state index contributed by atoms with van der Waals surface area (Å²) in [6, 6.07) is 14.9. The van der Waals surface area contributed by atoms with Crippen molar-refractivity contribution in [2.75, 3.05) is 7.11 Å². The number of halogens is 3. The molecule has 0 unspecified atom stereocenters. The maximum Gasteiger partial charge on any atom is 0.244 e. The zero-order valence-corrected chi connectivity index (χ0v) is 22.1. The molecule has 0 saturated carbocycles. The lowest BCUT2D eigenvalue weighted by Gasteiger charge is -2.14. The summed E-state index contributed by atoms with van der Waals surface area (Å²) in [5.74, 6) is 0.964. The molecule has 0 aliphatic carbocycles. The van der Waals surface area contributed by atoms with Gasteiger partial charge in [0.1, 0.15) is 6.61 Å². The molecular formula is C25H23Cl2IN2O3. The molecule has 0 aliphatic heterocycles. The average molecular weight is 597 g/mol. The summed E-state index contributed by atoms with van der Waals surface area (Å²) in [6.07, 6.45) is 1.84. The van der Waals surface area contributed by atoms with E-state index < -0.39 is 0 Å². The molecular weight excluding hydrogens is 574 g/mol. The smallest absolute Gasteiger partial charge is 0.244 e. The van der Waals surface area contributed by atoms with Gasteiger partial charge in [0.2, 0.25) is 5.91 Å². The van der Waals surface area contributed by atoms with Crippen LogP contribution in [0, 0.1) is 17.4 Å². The van der Waals surface area contributed by atoms with Crippen molar-refractivity contribution in [1.29, 1.82) is 0 Å². The van der Waals surface area contributed by atoms with Crippen molar-refractivity contribution in [1.82, 2.24) is 5.43 Å². The molecule has 3 aromatic carbocycles. The first kappa shape index (κ1) is 25.3. The number of hydrogen-bond acceptors (Lipinski definition) is 4. The van der Waals surface area contributed by atoms with Gasteiger partial charge in [0.05, 0.1) is 23.3 Å². The SMILES string of the molecule is COc1cc(/C=N\NC(=O)Cc2ccc(C)c(C)c2)cc(I)c1OCc1ccc(Cl)cc1Cl. The van der Waals surface area contributed by atoms with Crippen molar-refractivity contribution in [2.24, 2.45) is 5.10 Å². The van der Waals surface area contributed by atoms with E-state index in [0.717, 1.165) is 25.8 Å². The molecule has 172 valence electrons. The van der Waals surface area contributed by atoms with Gasteiger partial charge < -0.3 is 9.47 Å². The standard InChI is InChI=1S/C25H23Cl2IN2O3/c1-15-4-5-17(8-16(15)2)11-24(31)30-29-13-18-9-22(28)25(23(10-18)32-3)33-14-19-6-7-20(26)12-21(19)27/h4-10,12-13H,11,14H2,1-3H3,(H,30,31)/b29-13-. The first-order valence-corrected chi connectivity index (χ1v) is 11.9. The third kappa shape index (κ3) is 7.09. The molecule has 0 aromatic heterocycles. The summed E-state index contributed by atoms with van der Waals surface area (Å²) in [5.41, 5.74) is 7.46. The Morgan fingerprint density at radius 2 is 1.88 bits per heavy atom. The van der Waals surface area contributed by atoms with Crippen LogP contribution in [0.15, 0.2) is 53.6 Å². The lowest BCUT2D eigenvalue weighted by Crippen LogP contribution is -2.19. The molecule has 1 N–H and O–H groups in total. The van der Waals surface area contributed by atoms with Crippen LogP contribution in [0.3, 0.4) is 0 Å². The number of ether oxygens (including phenoxy) is 2. The maximum atomic E-state index is 12.2. The minimum atomic E-state index is -0.184. The van der Waals surface area contributed by atoms with Crippen LogP contribution >= 0.6 is 45.8 Å². The Hall–Kier alpha value is -2.29. The summed E-state index contributed by atoms with van der Waals surface area (Å²) < 4.78 is 12.3. The van der Waals surface area contributed by atoms with Crippen molar-refractivity contribution < 1.29 is 14.3 Å². The second kappa shape index (κ2) is 11.7. The molecule has 1 amide bonds. The molecule has 0 atom stereocenters. The molecule has 5 nitrogen and oxygen atoms in total. The number of carbonyl (C=O) groups excluding carboxylic acids is 1. The molecule has 8 heteroatoms. The number of nitrogens with zero attached hydrogens (tertiary/aromatic N) is 1. The topological polar surface area (TPSA) is 59.9 Å². The second-order valence-corrected chi connectivity index (χ2v) is 9.45. The monoisotopic (exact) mass is 596 g/mol. The van der Waals surface area contributed by atoms with E-state index in [1.165, 1.54) is 5.56 Å². The van der Waals surface area contributed by atoms with E-state index in [1.807, 2.05) is 44.2 Å². The van der Waals surface area contributed by atoms with Gasteiger partial charge in [-0.2, -0.15) is 5.10 Å². The number of amides is 1. The number of nitrogens with one attached hydrogen (secondary N) is 1. The van der Waals surface area contributed by atoms with Crippen LogP contribution in [0.5, 0.6) is 11.5 Å². The summed E-state index contributed by atoms with van der Waals surface area (Å²) in [6.45, 7) is 4.34. The molecule has 0 heterocycles. The van der Waals surface area contributed by atoms with E-state index in [4.69, 9.17) is 32.7 Å². The first-order chi connectivity index (χ1) is 15.8. The quantitative estimate of drug-likeness (QED) is 0.184. The van der Waals surface area contributed by atoms with Gasteiger partial charge >= 0.3 is 0 Å². The maximum absolute atomic E-state index is 12.2. The predicted octanol–water partition coefficient (Wildman–Crippen LogP) is 6.50. The second-order valence-electron chi connectivity index (χ2n) is 7.45. The van der Waals surface area contributed by atoms with Crippen molar-refractivity contribution in [3.63, 3.8) is 0 Å². The van der Waals surface area contributed by atoms with Crippen LogP contribution in [0.2, 0.25) is 10.0 Å². The third-order valence-corrected chi connectivity index (χ3v) is 6.37. The number of methoxy groups -OCH3 is 1. The normalized spacial score (nSPS) is 11.0. The average Bonchev–Trinajstić information content (AvgIpc) is 2.76. The van der Waals surface area contributed by atoms with E-state index in [1.54, 1.807) is 31.5 Å². The molecule has 0 saturated heterocycles. The van der Waals surface area contributed by atoms with Crippen LogP contribution in [0.1, 0.15) is 27.8 Å². The van der Waals surface area contributed by atoms with E-state index in [2.05, 4.69) is 33.1 Å².